The summed E-state index contributed by atoms with van der Waals surface area (Å²) in [7, 11) is 1.66. The third kappa shape index (κ3) is 2.87. The third-order valence-corrected chi connectivity index (χ3v) is 3.46. The van der Waals surface area contributed by atoms with Crippen LogP contribution in [0.15, 0.2) is 36.4 Å². The molecule has 0 aromatic heterocycles. The van der Waals surface area contributed by atoms with Crippen molar-refractivity contribution in [2.45, 2.75) is 25.7 Å². The fourth-order valence-corrected chi connectivity index (χ4v) is 2.40. The minimum absolute atomic E-state index is 0.196. The molecule has 0 aliphatic rings. The lowest BCUT2D eigenvalue weighted by Gasteiger charge is -2.15. The lowest BCUT2D eigenvalue weighted by atomic mass is 9.91. The van der Waals surface area contributed by atoms with E-state index in [-0.39, 0.29) is 12.3 Å². The highest BCUT2D eigenvalue weighted by molar-refractivity contribution is 5.91. The van der Waals surface area contributed by atoms with E-state index >= 15 is 0 Å². The van der Waals surface area contributed by atoms with Gasteiger partial charge in [0.1, 0.15) is 5.75 Å². The van der Waals surface area contributed by atoms with Crippen molar-refractivity contribution in [3.05, 3.63) is 42.0 Å². The first-order valence-electron chi connectivity index (χ1n) is 6.41. The van der Waals surface area contributed by atoms with E-state index < -0.39 is 5.97 Å². The summed E-state index contributed by atoms with van der Waals surface area (Å²) in [6.45, 7) is 2.07. The molecule has 1 unspecified atom stereocenters. The summed E-state index contributed by atoms with van der Waals surface area (Å²) < 4.78 is 5.37. The van der Waals surface area contributed by atoms with Gasteiger partial charge in [-0.1, -0.05) is 37.3 Å². The lowest BCUT2D eigenvalue weighted by molar-refractivity contribution is -0.137. The molecule has 0 aliphatic carbocycles. The Hall–Kier alpha value is -2.03. The zero-order chi connectivity index (χ0) is 13.8. The van der Waals surface area contributed by atoms with Crippen molar-refractivity contribution < 1.29 is 14.6 Å². The molecule has 0 radical (unpaired) electrons. The highest BCUT2D eigenvalue weighted by Crippen LogP contribution is 2.33. The van der Waals surface area contributed by atoms with E-state index in [2.05, 4.69) is 13.0 Å². The number of carbonyl (C=O) groups is 1. The Morgan fingerprint density at radius 2 is 1.89 bits per heavy atom. The predicted octanol–water partition coefficient (Wildman–Crippen LogP) is 3.82. The van der Waals surface area contributed by atoms with Crippen molar-refractivity contribution in [1.82, 2.24) is 0 Å². The summed E-state index contributed by atoms with van der Waals surface area (Å²) in [5, 5.41) is 11.0. The summed E-state index contributed by atoms with van der Waals surface area (Å²) in [6, 6.07) is 12.1. The standard InChI is InChI=1S/C16H18O3/c1-11(7-10-16(17)18)12-8-9-15(19-2)14-6-4-3-5-13(12)14/h3-6,8-9,11H,7,10H2,1-2H3,(H,17,18). The number of rotatable bonds is 5. The Kier molecular flexibility index (Phi) is 4.05. The summed E-state index contributed by atoms with van der Waals surface area (Å²) in [5.74, 6) is 0.321. The first-order valence-corrected chi connectivity index (χ1v) is 6.41. The maximum atomic E-state index is 10.7. The summed E-state index contributed by atoms with van der Waals surface area (Å²) >= 11 is 0. The van der Waals surface area contributed by atoms with E-state index in [0.717, 1.165) is 16.5 Å². The molecule has 1 atom stereocenters. The molecule has 1 N–H and O–H groups in total. The van der Waals surface area contributed by atoms with Crippen LogP contribution < -0.4 is 4.74 Å². The molecule has 2 aromatic carbocycles. The van der Waals surface area contributed by atoms with Gasteiger partial charge in [0.15, 0.2) is 0 Å². The number of fused-ring (bicyclic) bond motifs is 1. The van der Waals surface area contributed by atoms with Crippen LogP contribution >= 0.6 is 0 Å². The Morgan fingerprint density at radius 3 is 2.53 bits per heavy atom. The Morgan fingerprint density at radius 1 is 1.21 bits per heavy atom. The number of ether oxygens (including phenoxy) is 1. The van der Waals surface area contributed by atoms with Gasteiger partial charge in [-0.05, 0) is 29.4 Å². The van der Waals surface area contributed by atoms with Gasteiger partial charge in [-0.25, -0.2) is 0 Å². The van der Waals surface area contributed by atoms with Gasteiger partial charge in [-0.3, -0.25) is 4.79 Å². The van der Waals surface area contributed by atoms with Crippen LogP contribution in [0.4, 0.5) is 0 Å². The first-order chi connectivity index (χ1) is 9.13. The van der Waals surface area contributed by atoms with Crippen LogP contribution in [-0.4, -0.2) is 18.2 Å². The zero-order valence-corrected chi connectivity index (χ0v) is 11.2. The van der Waals surface area contributed by atoms with Crippen molar-refractivity contribution >= 4 is 16.7 Å². The molecule has 100 valence electrons. The second-order valence-corrected chi connectivity index (χ2v) is 4.74. The lowest BCUT2D eigenvalue weighted by Crippen LogP contribution is -2.01. The fourth-order valence-electron chi connectivity index (χ4n) is 2.40. The van der Waals surface area contributed by atoms with E-state index in [0.29, 0.717) is 6.42 Å². The maximum Gasteiger partial charge on any atom is 0.303 e. The third-order valence-electron chi connectivity index (χ3n) is 3.46. The van der Waals surface area contributed by atoms with Crippen LogP contribution in [0.1, 0.15) is 31.2 Å². The van der Waals surface area contributed by atoms with Crippen molar-refractivity contribution in [2.24, 2.45) is 0 Å². The Labute approximate surface area is 112 Å². The topological polar surface area (TPSA) is 46.5 Å². The van der Waals surface area contributed by atoms with Gasteiger partial charge in [-0.15, -0.1) is 0 Å². The van der Waals surface area contributed by atoms with E-state index in [1.165, 1.54) is 5.56 Å². The van der Waals surface area contributed by atoms with Crippen LogP contribution in [0.25, 0.3) is 10.8 Å². The quantitative estimate of drug-likeness (QED) is 0.886. The van der Waals surface area contributed by atoms with E-state index in [9.17, 15) is 4.79 Å². The van der Waals surface area contributed by atoms with Gasteiger partial charge in [0.2, 0.25) is 0 Å². The van der Waals surface area contributed by atoms with Gasteiger partial charge in [0.05, 0.1) is 7.11 Å². The van der Waals surface area contributed by atoms with Crippen LogP contribution in [0.2, 0.25) is 0 Å². The second-order valence-electron chi connectivity index (χ2n) is 4.74. The number of carboxylic acid groups (broad SMARTS) is 1. The number of hydrogen-bond acceptors (Lipinski definition) is 2. The van der Waals surface area contributed by atoms with Gasteiger partial charge < -0.3 is 9.84 Å². The maximum absolute atomic E-state index is 10.7. The molecule has 0 aliphatic heterocycles. The molecule has 3 nitrogen and oxygen atoms in total. The van der Waals surface area contributed by atoms with Gasteiger partial charge in [0, 0.05) is 11.8 Å². The summed E-state index contributed by atoms with van der Waals surface area (Å²) in [4.78, 5) is 10.7. The number of aliphatic carboxylic acids is 1. The van der Waals surface area contributed by atoms with Gasteiger partial charge in [0.25, 0.3) is 0 Å². The van der Waals surface area contributed by atoms with Crippen LogP contribution in [-0.2, 0) is 4.79 Å². The molecular formula is C16H18O3. The fraction of sp³-hybridized carbons (Fsp3) is 0.312. The number of hydrogen-bond donors (Lipinski definition) is 1. The van der Waals surface area contributed by atoms with Crippen LogP contribution in [0.3, 0.4) is 0 Å². The molecule has 0 saturated carbocycles. The number of methoxy groups -OCH3 is 1. The van der Waals surface area contributed by atoms with E-state index in [1.54, 1.807) is 7.11 Å². The molecule has 0 spiro atoms. The van der Waals surface area contributed by atoms with Crippen molar-refractivity contribution in [1.29, 1.82) is 0 Å². The minimum atomic E-state index is -0.746. The predicted molar refractivity (Wildman–Crippen MR) is 75.8 cm³/mol. The smallest absolute Gasteiger partial charge is 0.303 e. The molecule has 0 saturated heterocycles. The monoisotopic (exact) mass is 258 g/mol. The normalized spacial score (nSPS) is 12.3. The molecule has 0 bridgehead atoms. The Bertz CT molecular complexity index is 590. The van der Waals surface area contributed by atoms with Crippen molar-refractivity contribution in [2.75, 3.05) is 7.11 Å². The molecule has 3 heteroatoms. The summed E-state index contributed by atoms with van der Waals surface area (Å²) in [5.41, 5.74) is 1.18. The highest BCUT2D eigenvalue weighted by Gasteiger charge is 2.13. The van der Waals surface area contributed by atoms with Crippen LogP contribution in [0, 0.1) is 0 Å². The average molecular weight is 258 g/mol. The molecule has 0 fully saturated rings. The zero-order valence-electron chi connectivity index (χ0n) is 11.2. The second kappa shape index (κ2) is 5.74. The van der Waals surface area contributed by atoms with E-state index in [1.807, 2.05) is 30.3 Å². The van der Waals surface area contributed by atoms with Gasteiger partial charge >= 0.3 is 5.97 Å². The van der Waals surface area contributed by atoms with E-state index in [4.69, 9.17) is 9.84 Å². The van der Waals surface area contributed by atoms with Crippen LogP contribution in [0.5, 0.6) is 5.75 Å². The molecular weight excluding hydrogens is 240 g/mol. The number of carboxylic acids is 1. The molecule has 19 heavy (non-hydrogen) atoms. The van der Waals surface area contributed by atoms with Crippen molar-refractivity contribution in [3.8, 4) is 5.75 Å². The molecule has 2 rings (SSSR count). The van der Waals surface area contributed by atoms with Gasteiger partial charge in [-0.2, -0.15) is 0 Å². The van der Waals surface area contributed by atoms with Crippen molar-refractivity contribution in [3.63, 3.8) is 0 Å². The summed E-state index contributed by atoms with van der Waals surface area (Å²) in [6.07, 6.45) is 0.840. The number of benzene rings is 2. The first kappa shape index (κ1) is 13.4. The average Bonchev–Trinajstić information content (AvgIpc) is 2.43. The molecule has 2 aromatic rings. The molecule has 0 heterocycles. The SMILES string of the molecule is COc1ccc(C(C)CCC(=O)O)c2ccccc12. The molecule has 0 amide bonds. The Balaban J connectivity index is 2.41. The highest BCUT2D eigenvalue weighted by atomic mass is 16.5. The largest absolute Gasteiger partial charge is 0.496 e. The minimum Gasteiger partial charge on any atom is -0.496 e.